The highest BCUT2D eigenvalue weighted by atomic mass is 15.2. The van der Waals surface area contributed by atoms with Crippen LogP contribution in [0.1, 0.15) is 24.8 Å². The third-order valence-corrected chi connectivity index (χ3v) is 3.15. The molecule has 0 spiro atoms. The van der Waals surface area contributed by atoms with E-state index in [4.69, 9.17) is 0 Å². The molecule has 0 saturated carbocycles. The van der Waals surface area contributed by atoms with Crippen molar-refractivity contribution in [2.45, 2.75) is 25.7 Å². The van der Waals surface area contributed by atoms with Crippen LogP contribution >= 0.6 is 0 Å². The SMILES string of the molecule is CNCCc1ccnc(N2CCCCC2)c1. The summed E-state index contributed by atoms with van der Waals surface area (Å²) in [4.78, 5) is 6.89. The molecule has 16 heavy (non-hydrogen) atoms. The lowest BCUT2D eigenvalue weighted by Crippen LogP contribution is -2.30. The van der Waals surface area contributed by atoms with E-state index in [1.807, 2.05) is 13.2 Å². The summed E-state index contributed by atoms with van der Waals surface area (Å²) < 4.78 is 0. The van der Waals surface area contributed by atoms with Crippen LogP contribution in [0.2, 0.25) is 0 Å². The third kappa shape index (κ3) is 2.95. The molecule has 1 aromatic heterocycles. The molecule has 1 aromatic rings. The summed E-state index contributed by atoms with van der Waals surface area (Å²) in [5.74, 6) is 1.16. The van der Waals surface area contributed by atoms with E-state index in [1.54, 1.807) is 0 Å². The van der Waals surface area contributed by atoms with E-state index < -0.39 is 0 Å². The van der Waals surface area contributed by atoms with E-state index in [1.165, 1.54) is 37.9 Å². The maximum absolute atomic E-state index is 4.48. The number of pyridine rings is 1. The van der Waals surface area contributed by atoms with Gasteiger partial charge in [-0.1, -0.05) is 0 Å². The minimum Gasteiger partial charge on any atom is -0.357 e. The summed E-state index contributed by atoms with van der Waals surface area (Å²) in [6.07, 6.45) is 7.01. The van der Waals surface area contributed by atoms with Crippen LogP contribution in [0.5, 0.6) is 0 Å². The first kappa shape index (κ1) is 11.4. The molecule has 3 heteroatoms. The lowest BCUT2D eigenvalue weighted by atomic mass is 10.1. The van der Waals surface area contributed by atoms with Gasteiger partial charge in [0, 0.05) is 19.3 Å². The molecular formula is C13H21N3. The highest BCUT2D eigenvalue weighted by molar-refractivity contribution is 5.41. The predicted molar refractivity (Wildman–Crippen MR) is 67.9 cm³/mol. The Labute approximate surface area is 97.9 Å². The lowest BCUT2D eigenvalue weighted by Gasteiger charge is -2.27. The van der Waals surface area contributed by atoms with Crippen molar-refractivity contribution in [1.29, 1.82) is 0 Å². The molecule has 3 nitrogen and oxygen atoms in total. The Hall–Kier alpha value is -1.09. The van der Waals surface area contributed by atoms with E-state index in [9.17, 15) is 0 Å². The summed E-state index contributed by atoms with van der Waals surface area (Å²) in [7, 11) is 1.99. The normalized spacial score (nSPS) is 16.4. The van der Waals surface area contributed by atoms with Crippen LogP contribution < -0.4 is 10.2 Å². The third-order valence-electron chi connectivity index (χ3n) is 3.15. The van der Waals surface area contributed by atoms with Gasteiger partial charge in [0.15, 0.2) is 0 Å². The van der Waals surface area contributed by atoms with Crippen molar-refractivity contribution >= 4 is 5.82 Å². The second-order valence-electron chi connectivity index (χ2n) is 4.42. The molecule has 2 heterocycles. The van der Waals surface area contributed by atoms with Crippen LogP contribution in [0.4, 0.5) is 5.82 Å². The van der Waals surface area contributed by atoms with Gasteiger partial charge in [-0.05, 0) is 57.0 Å². The minimum atomic E-state index is 1.03. The molecule has 1 saturated heterocycles. The summed E-state index contributed by atoms with van der Waals surface area (Å²) in [5.41, 5.74) is 1.38. The van der Waals surface area contributed by atoms with Gasteiger partial charge in [-0.3, -0.25) is 0 Å². The van der Waals surface area contributed by atoms with E-state index in [2.05, 4.69) is 27.3 Å². The number of rotatable bonds is 4. The number of hydrogen-bond acceptors (Lipinski definition) is 3. The number of hydrogen-bond donors (Lipinski definition) is 1. The van der Waals surface area contributed by atoms with Crippen LogP contribution in [-0.2, 0) is 6.42 Å². The Kier molecular flexibility index (Phi) is 4.17. The van der Waals surface area contributed by atoms with Crippen molar-refractivity contribution in [2.24, 2.45) is 0 Å². The average molecular weight is 219 g/mol. The molecule has 0 unspecified atom stereocenters. The molecule has 0 aliphatic carbocycles. The quantitative estimate of drug-likeness (QED) is 0.837. The Bertz CT molecular complexity index is 319. The molecule has 0 radical (unpaired) electrons. The molecule has 1 fully saturated rings. The maximum atomic E-state index is 4.48. The molecule has 2 rings (SSSR count). The Morgan fingerprint density at radius 2 is 2.12 bits per heavy atom. The fourth-order valence-electron chi connectivity index (χ4n) is 2.18. The van der Waals surface area contributed by atoms with E-state index in [0.29, 0.717) is 0 Å². The number of aromatic nitrogens is 1. The van der Waals surface area contributed by atoms with Crippen LogP contribution in [0.15, 0.2) is 18.3 Å². The Morgan fingerprint density at radius 3 is 2.88 bits per heavy atom. The lowest BCUT2D eigenvalue weighted by molar-refractivity contribution is 0.573. The van der Waals surface area contributed by atoms with Gasteiger partial charge in [-0.2, -0.15) is 0 Å². The van der Waals surface area contributed by atoms with Crippen molar-refractivity contribution < 1.29 is 0 Å². The van der Waals surface area contributed by atoms with Gasteiger partial charge in [0.2, 0.25) is 0 Å². The zero-order valence-electron chi connectivity index (χ0n) is 10.1. The monoisotopic (exact) mass is 219 g/mol. The highest BCUT2D eigenvalue weighted by Gasteiger charge is 2.11. The maximum Gasteiger partial charge on any atom is 0.128 e. The molecule has 0 atom stereocenters. The second kappa shape index (κ2) is 5.85. The molecule has 0 aromatic carbocycles. The topological polar surface area (TPSA) is 28.2 Å². The standard InChI is InChI=1S/C13H21N3/c1-14-7-5-12-6-8-15-13(11-12)16-9-3-2-4-10-16/h6,8,11,14H,2-5,7,9-10H2,1H3. The van der Waals surface area contributed by atoms with Gasteiger partial charge in [0.05, 0.1) is 0 Å². The zero-order valence-corrected chi connectivity index (χ0v) is 10.1. The minimum absolute atomic E-state index is 1.03. The predicted octanol–water partition coefficient (Wildman–Crippen LogP) is 1.83. The van der Waals surface area contributed by atoms with Crippen molar-refractivity contribution in [1.82, 2.24) is 10.3 Å². The van der Waals surface area contributed by atoms with Gasteiger partial charge < -0.3 is 10.2 Å². The van der Waals surface area contributed by atoms with Crippen LogP contribution in [0, 0.1) is 0 Å². The fourth-order valence-corrected chi connectivity index (χ4v) is 2.18. The number of likely N-dealkylation sites (N-methyl/N-ethyl adjacent to an activating group) is 1. The van der Waals surface area contributed by atoms with Gasteiger partial charge in [0.25, 0.3) is 0 Å². The summed E-state index contributed by atoms with van der Waals surface area (Å²) in [6.45, 7) is 3.37. The fraction of sp³-hybridized carbons (Fsp3) is 0.615. The molecule has 1 aliphatic heterocycles. The van der Waals surface area contributed by atoms with Crippen molar-refractivity contribution in [3.63, 3.8) is 0 Å². The smallest absolute Gasteiger partial charge is 0.128 e. The largest absolute Gasteiger partial charge is 0.357 e. The first-order chi connectivity index (χ1) is 7.90. The first-order valence-electron chi connectivity index (χ1n) is 6.24. The van der Waals surface area contributed by atoms with Crippen LogP contribution in [0.25, 0.3) is 0 Å². The van der Waals surface area contributed by atoms with E-state index in [0.717, 1.165) is 18.8 Å². The molecule has 1 N–H and O–H groups in total. The van der Waals surface area contributed by atoms with E-state index in [-0.39, 0.29) is 0 Å². The molecule has 0 bridgehead atoms. The molecule has 88 valence electrons. The average Bonchev–Trinajstić information content (AvgIpc) is 2.38. The summed E-state index contributed by atoms with van der Waals surface area (Å²) >= 11 is 0. The Morgan fingerprint density at radius 1 is 1.31 bits per heavy atom. The number of nitrogens with one attached hydrogen (secondary N) is 1. The molecular weight excluding hydrogens is 198 g/mol. The van der Waals surface area contributed by atoms with Gasteiger partial charge in [-0.25, -0.2) is 4.98 Å². The first-order valence-corrected chi connectivity index (χ1v) is 6.24. The number of piperidine rings is 1. The number of anilines is 1. The van der Waals surface area contributed by atoms with Crippen LogP contribution in [0.3, 0.4) is 0 Å². The van der Waals surface area contributed by atoms with Crippen LogP contribution in [-0.4, -0.2) is 31.7 Å². The molecule has 0 amide bonds. The van der Waals surface area contributed by atoms with Crippen molar-refractivity contribution in [3.8, 4) is 0 Å². The summed E-state index contributed by atoms with van der Waals surface area (Å²) in [6, 6.07) is 4.35. The van der Waals surface area contributed by atoms with Gasteiger partial charge in [-0.15, -0.1) is 0 Å². The second-order valence-corrected chi connectivity index (χ2v) is 4.42. The van der Waals surface area contributed by atoms with Gasteiger partial charge >= 0.3 is 0 Å². The zero-order chi connectivity index (χ0) is 11.2. The van der Waals surface area contributed by atoms with E-state index >= 15 is 0 Å². The van der Waals surface area contributed by atoms with Crippen molar-refractivity contribution in [3.05, 3.63) is 23.9 Å². The Balaban J connectivity index is 2.02. The van der Waals surface area contributed by atoms with Gasteiger partial charge in [0.1, 0.15) is 5.82 Å². The summed E-state index contributed by atoms with van der Waals surface area (Å²) in [5, 5.41) is 3.18. The number of nitrogens with zero attached hydrogens (tertiary/aromatic N) is 2. The molecule has 1 aliphatic rings. The highest BCUT2D eigenvalue weighted by Crippen LogP contribution is 2.18. The van der Waals surface area contributed by atoms with Crippen molar-refractivity contribution in [2.75, 3.05) is 31.6 Å².